The lowest BCUT2D eigenvalue weighted by molar-refractivity contribution is 0.0644. The van der Waals surface area contributed by atoms with E-state index in [2.05, 4.69) is 15.9 Å². The minimum Gasteiger partial charge on any atom is -0.492 e. The fourth-order valence-corrected chi connectivity index (χ4v) is 2.02. The van der Waals surface area contributed by atoms with Gasteiger partial charge in [0, 0.05) is 26.2 Å². The average molecular weight is 332 g/mol. The molecule has 4 nitrogen and oxygen atoms in total. The van der Waals surface area contributed by atoms with Gasteiger partial charge in [0.05, 0.1) is 24.3 Å². The molecule has 1 atom stereocenters. The van der Waals surface area contributed by atoms with Crippen LogP contribution in [0.25, 0.3) is 0 Å². The molecule has 0 aliphatic rings. The second-order valence-corrected chi connectivity index (χ2v) is 5.14. The van der Waals surface area contributed by atoms with Crippen molar-refractivity contribution in [2.45, 2.75) is 19.4 Å². The van der Waals surface area contributed by atoms with Gasteiger partial charge in [-0.05, 0) is 40.5 Å². The van der Waals surface area contributed by atoms with Gasteiger partial charge in [0.2, 0.25) is 0 Å². The van der Waals surface area contributed by atoms with Crippen molar-refractivity contribution >= 4 is 15.9 Å². The molecule has 108 valence electrons. The predicted octanol–water partition coefficient (Wildman–Crippen LogP) is 2.90. The van der Waals surface area contributed by atoms with Gasteiger partial charge >= 0.3 is 0 Å². The van der Waals surface area contributed by atoms with Crippen molar-refractivity contribution in [3.63, 3.8) is 0 Å². The summed E-state index contributed by atoms with van der Waals surface area (Å²) in [5.74, 6) is 0.835. The highest BCUT2D eigenvalue weighted by Crippen LogP contribution is 2.27. The minimum absolute atomic E-state index is 0.0273. The lowest BCUT2D eigenvalue weighted by Crippen LogP contribution is -2.07. The van der Waals surface area contributed by atoms with Crippen LogP contribution in [0.5, 0.6) is 5.75 Å². The molecule has 1 aromatic rings. The Hall–Kier alpha value is -0.620. The van der Waals surface area contributed by atoms with E-state index in [-0.39, 0.29) is 6.04 Å². The highest BCUT2D eigenvalue weighted by atomic mass is 79.9. The molecule has 0 radical (unpaired) electrons. The van der Waals surface area contributed by atoms with Crippen molar-refractivity contribution in [2.24, 2.45) is 5.73 Å². The van der Waals surface area contributed by atoms with Crippen LogP contribution in [0.3, 0.4) is 0 Å². The molecule has 0 saturated carbocycles. The molecule has 0 fully saturated rings. The normalized spacial score (nSPS) is 12.4. The molecule has 5 heteroatoms. The second kappa shape index (κ2) is 9.31. The van der Waals surface area contributed by atoms with E-state index in [9.17, 15) is 0 Å². The molecule has 1 rings (SSSR count). The van der Waals surface area contributed by atoms with E-state index in [1.54, 1.807) is 7.11 Å². The first-order valence-corrected chi connectivity index (χ1v) is 7.19. The first kappa shape index (κ1) is 16.4. The van der Waals surface area contributed by atoms with E-state index in [4.69, 9.17) is 19.9 Å². The molecular formula is C14H22BrNO3. The largest absolute Gasteiger partial charge is 0.492 e. The van der Waals surface area contributed by atoms with Gasteiger partial charge in [-0.3, -0.25) is 0 Å². The molecule has 0 aliphatic carbocycles. The summed E-state index contributed by atoms with van der Waals surface area (Å²) in [6.45, 7) is 4.52. The van der Waals surface area contributed by atoms with Crippen LogP contribution < -0.4 is 10.5 Å². The average Bonchev–Trinajstić information content (AvgIpc) is 2.39. The standard InChI is InChI=1S/C14H22BrNO3/c1-11(16)12-4-5-14(13(15)10-12)19-7-3-6-18-9-8-17-2/h4-5,10-11H,3,6-9,16H2,1-2H3/t11-/m0/s1. The summed E-state index contributed by atoms with van der Waals surface area (Å²) in [4.78, 5) is 0. The Bertz CT molecular complexity index is 372. The van der Waals surface area contributed by atoms with Crippen molar-refractivity contribution in [1.82, 2.24) is 0 Å². The highest BCUT2D eigenvalue weighted by Gasteiger charge is 2.05. The number of methoxy groups -OCH3 is 1. The summed E-state index contributed by atoms with van der Waals surface area (Å²) in [5.41, 5.74) is 6.91. The lowest BCUT2D eigenvalue weighted by Gasteiger charge is -2.11. The molecule has 0 heterocycles. The fourth-order valence-electron chi connectivity index (χ4n) is 1.50. The number of ether oxygens (including phenoxy) is 3. The zero-order valence-corrected chi connectivity index (χ0v) is 13.1. The molecule has 0 unspecified atom stereocenters. The third-order valence-electron chi connectivity index (χ3n) is 2.60. The molecule has 0 saturated heterocycles. The van der Waals surface area contributed by atoms with Crippen molar-refractivity contribution in [3.8, 4) is 5.75 Å². The number of hydrogen-bond donors (Lipinski definition) is 1. The first-order valence-electron chi connectivity index (χ1n) is 6.39. The van der Waals surface area contributed by atoms with E-state index in [1.807, 2.05) is 25.1 Å². The summed E-state index contributed by atoms with van der Waals surface area (Å²) in [6.07, 6.45) is 0.852. The van der Waals surface area contributed by atoms with Gasteiger partial charge in [-0.1, -0.05) is 6.07 Å². The van der Waals surface area contributed by atoms with Crippen LogP contribution in [0, 0.1) is 0 Å². The minimum atomic E-state index is 0.0273. The maximum atomic E-state index is 5.82. The second-order valence-electron chi connectivity index (χ2n) is 4.29. The molecule has 0 aromatic heterocycles. The lowest BCUT2D eigenvalue weighted by atomic mass is 10.1. The van der Waals surface area contributed by atoms with Crippen LogP contribution >= 0.6 is 15.9 Å². The fraction of sp³-hybridized carbons (Fsp3) is 0.571. The summed E-state index contributed by atoms with van der Waals surface area (Å²) in [7, 11) is 1.66. The Kier molecular flexibility index (Phi) is 8.05. The van der Waals surface area contributed by atoms with E-state index in [0.29, 0.717) is 26.4 Å². The molecule has 19 heavy (non-hydrogen) atoms. The first-order chi connectivity index (χ1) is 9.15. The molecule has 0 bridgehead atoms. The number of hydrogen-bond acceptors (Lipinski definition) is 4. The van der Waals surface area contributed by atoms with Gasteiger partial charge in [-0.2, -0.15) is 0 Å². The maximum Gasteiger partial charge on any atom is 0.133 e. The highest BCUT2D eigenvalue weighted by molar-refractivity contribution is 9.10. The van der Waals surface area contributed by atoms with E-state index in [0.717, 1.165) is 22.2 Å². The van der Waals surface area contributed by atoms with E-state index < -0.39 is 0 Å². The summed E-state index contributed by atoms with van der Waals surface area (Å²) in [6, 6.07) is 5.95. The Morgan fingerprint density at radius 1 is 1.21 bits per heavy atom. The predicted molar refractivity (Wildman–Crippen MR) is 79.6 cm³/mol. The smallest absolute Gasteiger partial charge is 0.133 e. The number of rotatable bonds is 9. The van der Waals surface area contributed by atoms with Gasteiger partial charge in [0.15, 0.2) is 0 Å². The third kappa shape index (κ3) is 6.38. The van der Waals surface area contributed by atoms with Gasteiger partial charge in [0.1, 0.15) is 5.75 Å². The number of benzene rings is 1. The van der Waals surface area contributed by atoms with Crippen molar-refractivity contribution in [3.05, 3.63) is 28.2 Å². The van der Waals surface area contributed by atoms with Crippen molar-refractivity contribution < 1.29 is 14.2 Å². The van der Waals surface area contributed by atoms with E-state index >= 15 is 0 Å². The van der Waals surface area contributed by atoms with Crippen LogP contribution in [-0.4, -0.2) is 33.5 Å². The Morgan fingerprint density at radius 3 is 2.63 bits per heavy atom. The Morgan fingerprint density at radius 2 is 2.00 bits per heavy atom. The summed E-state index contributed by atoms with van der Waals surface area (Å²) in [5, 5.41) is 0. The van der Waals surface area contributed by atoms with Crippen molar-refractivity contribution in [1.29, 1.82) is 0 Å². The molecule has 0 aliphatic heterocycles. The van der Waals surface area contributed by atoms with Gasteiger partial charge in [-0.25, -0.2) is 0 Å². The zero-order chi connectivity index (χ0) is 14.1. The van der Waals surface area contributed by atoms with Crippen LogP contribution in [0.15, 0.2) is 22.7 Å². The molecular weight excluding hydrogens is 310 g/mol. The molecule has 0 spiro atoms. The molecule has 2 N–H and O–H groups in total. The number of halogens is 1. The third-order valence-corrected chi connectivity index (χ3v) is 3.22. The SMILES string of the molecule is COCCOCCCOc1ccc([C@H](C)N)cc1Br. The van der Waals surface area contributed by atoms with Gasteiger partial charge in [0.25, 0.3) is 0 Å². The van der Waals surface area contributed by atoms with Crippen LogP contribution in [0.4, 0.5) is 0 Å². The van der Waals surface area contributed by atoms with Crippen LogP contribution in [-0.2, 0) is 9.47 Å². The van der Waals surface area contributed by atoms with Gasteiger partial charge < -0.3 is 19.9 Å². The molecule has 0 amide bonds. The number of nitrogens with two attached hydrogens (primary N) is 1. The van der Waals surface area contributed by atoms with Gasteiger partial charge in [-0.15, -0.1) is 0 Å². The quantitative estimate of drug-likeness (QED) is 0.707. The van der Waals surface area contributed by atoms with Crippen molar-refractivity contribution in [2.75, 3.05) is 33.5 Å². The Labute approximate surface area is 123 Å². The van der Waals surface area contributed by atoms with Crippen LogP contribution in [0.1, 0.15) is 24.9 Å². The topological polar surface area (TPSA) is 53.7 Å². The summed E-state index contributed by atoms with van der Waals surface area (Å²) < 4.78 is 16.9. The van der Waals surface area contributed by atoms with Crippen LogP contribution in [0.2, 0.25) is 0 Å². The maximum absolute atomic E-state index is 5.82. The Balaban J connectivity index is 2.26. The molecule has 1 aromatic carbocycles. The summed E-state index contributed by atoms with van der Waals surface area (Å²) >= 11 is 3.49. The van der Waals surface area contributed by atoms with E-state index in [1.165, 1.54) is 0 Å². The zero-order valence-electron chi connectivity index (χ0n) is 11.5. The monoisotopic (exact) mass is 331 g/mol.